The minimum absolute atomic E-state index is 0.102. The number of aromatic nitrogens is 1. The maximum absolute atomic E-state index is 12.6. The molecule has 0 bridgehead atoms. The molecule has 3 rings (SSSR count). The molecule has 31 heavy (non-hydrogen) atoms. The number of amides is 2. The first-order valence-electron chi connectivity index (χ1n) is 9.26. The lowest BCUT2D eigenvalue weighted by molar-refractivity contribution is -0.308. The minimum Gasteiger partial charge on any atom is -0.481 e. The number of nitrogens with one attached hydrogen (secondary N) is 1. The van der Waals surface area contributed by atoms with Gasteiger partial charge < -0.3 is 19.7 Å². The molecule has 2 amide bonds. The van der Waals surface area contributed by atoms with Crippen molar-refractivity contribution in [2.24, 2.45) is 11.3 Å². The molecule has 7 nitrogen and oxygen atoms in total. The first-order valence-corrected chi connectivity index (χ1v) is 9.26. The zero-order valence-electron chi connectivity index (χ0n) is 16.2. The van der Waals surface area contributed by atoms with Gasteiger partial charge in [0, 0.05) is 25.1 Å². The summed E-state index contributed by atoms with van der Waals surface area (Å²) in [4.78, 5) is 29.1. The summed E-state index contributed by atoms with van der Waals surface area (Å²) in [6.45, 7) is -0.204. The van der Waals surface area contributed by atoms with Gasteiger partial charge >= 0.3 is 18.4 Å². The Balaban J connectivity index is 1.52. The van der Waals surface area contributed by atoms with Crippen molar-refractivity contribution in [1.82, 2.24) is 9.88 Å². The third-order valence-electron chi connectivity index (χ3n) is 5.55. The van der Waals surface area contributed by atoms with Gasteiger partial charge in [-0.25, -0.2) is 9.78 Å². The van der Waals surface area contributed by atoms with Crippen LogP contribution in [0.3, 0.4) is 0 Å². The van der Waals surface area contributed by atoms with E-state index in [1.165, 1.54) is 13.3 Å². The number of hydrogen-bond donors (Lipinski definition) is 1. The molecule has 2 aliphatic rings. The summed E-state index contributed by atoms with van der Waals surface area (Å²) in [6.07, 6.45) is -14.9. The van der Waals surface area contributed by atoms with Crippen LogP contribution >= 0.6 is 0 Å². The van der Waals surface area contributed by atoms with E-state index < -0.39 is 30.0 Å². The molecule has 172 valence electrons. The second-order valence-electron chi connectivity index (χ2n) is 7.53. The van der Waals surface area contributed by atoms with Gasteiger partial charge in [-0.2, -0.15) is 26.3 Å². The molecule has 2 fully saturated rings. The zero-order chi connectivity index (χ0) is 23.0. The van der Waals surface area contributed by atoms with Crippen molar-refractivity contribution in [3.8, 4) is 5.88 Å². The Morgan fingerprint density at radius 3 is 2.26 bits per heavy atom. The Hall–Kier alpha value is -2.73. The van der Waals surface area contributed by atoms with Crippen molar-refractivity contribution in [3.63, 3.8) is 0 Å². The number of carbonyl (C=O) groups is 2. The highest BCUT2D eigenvalue weighted by molar-refractivity contribution is 5.95. The quantitative estimate of drug-likeness (QED) is 0.700. The number of nitrogens with zero attached hydrogens (tertiary/aromatic N) is 2. The van der Waals surface area contributed by atoms with Gasteiger partial charge in [0.2, 0.25) is 11.8 Å². The van der Waals surface area contributed by atoms with Crippen LogP contribution in [0.1, 0.15) is 19.3 Å². The molecule has 13 heteroatoms. The number of alkyl halides is 6. The topological polar surface area (TPSA) is 80.8 Å². The van der Waals surface area contributed by atoms with E-state index in [-0.39, 0.29) is 37.8 Å². The summed E-state index contributed by atoms with van der Waals surface area (Å²) in [6, 6.07) is 3.17. The van der Waals surface area contributed by atoms with Crippen LogP contribution in [-0.2, 0) is 9.53 Å². The van der Waals surface area contributed by atoms with E-state index in [0.717, 1.165) is 4.90 Å². The SMILES string of the molecule is COc1ccc(NC(=O)C2CC23CCN(C(=O)OC(C(F)(F)F)C(F)(F)F)CC3)cn1. The fourth-order valence-electron chi connectivity index (χ4n) is 3.70. The normalized spacial score (nSPS) is 20.5. The molecule has 1 aromatic rings. The lowest BCUT2D eigenvalue weighted by Crippen LogP contribution is -2.49. The van der Waals surface area contributed by atoms with Crippen molar-refractivity contribution >= 4 is 17.7 Å². The molecule has 0 aromatic carbocycles. The maximum atomic E-state index is 12.6. The molecule has 1 atom stereocenters. The molecule has 1 saturated heterocycles. The van der Waals surface area contributed by atoms with Crippen LogP contribution in [0, 0.1) is 11.3 Å². The van der Waals surface area contributed by atoms with Crippen molar-refractivity contribution in [3.05, 3.63) is 18.3 Å². The number of halogens is 6. The number of hydrogen-bond acceptors (Lipinski definition) is 5. The summed E-state index contributed by atoms with van der Waals surface area (Å²) in [5.74, 6) is -0.262. The molecule has 1 spiro atoms. The highest BCUT2D eigenvalue weighted by Crippen LogP contribution is 2.59. The van der Waals surface area contributed by atoms with Crippen LogP contribution in [0.25, 0.3) is 0 Å². The second-order valence-corrected chi connectivity index (χ2v) is 7.53. The summed E-state index contributed by atoms with van der Waals surface area (Å²) in [5.41, 5.74) is 0.0213. The van der Waals surface area contributed by atoms with Crippen LogP contribution < -0.4 is 10.1 Å². The fraction of sp³-hybridized carbons (Fsp3) is 0.611. The van der Waals surface area contributed by atoms with Gasteiger partial charge in [-0.3, -0.25) is 4.79 Å². The van der Waals surface area contributed by atoms with E-state index in [1.807, 2.05) is 0 Å². The van der Waals surface area contributed by atoms with Gasteiger partial charge in [0.1, 0.15) is 0 Å². The number of anilines is 1. The van der Waals surface area contributed by atoms with Crippen molar-refractivity contribution < 1.29 is 45.4 Å². The Morgan fingerprint density at radius 1 is 1.16 bits per heavy atom. The Labute approximate surface area is 172 Å². The second kappa shape index (κ2) is 8.08. The first-order chi connectivity index (χ1) is 14.4. The third-order valence-corrected chi connectivity index (χ3v) is 5.55. The smallest absolute Gasteiger partial charge is 0.434 e. The van der Waals surface area contributed by atoms with E-state index in [9.17, 15) is 35.9 Å². The van der Waals surface area contributed by atoms with Crippen molar-refractivity contribution in [1.29, 1.82) is 0 Å². The molecule has 1 N–H and O–H groups in total. The summed E-state index contributed by atoms with van der Waals surface area (Å²) in [5, 5.41) is 2.71. The first kappa shape index (κ1) is 22.9. The summed E-state index contributed by atoms with van der Waals surface area (Å²) >= 11 is 0. The van der Waals surface area contributed by atoms with Crippen LogP contribution in [-0.4, -0.2) is 60.5 Å². The molecular formula is C18H19F6N3O4. The minimum atomic E-state index is -5.76. The fourth-order valence-corrected chi connectivity index (χ4v) is 3.70. The zero-order valence-corrected chi connectivity index (χ0v) is 16.2. The Kier molecular flexibility index (Phi) is 5.98. The number of ether oxygens (including phenoxy) is 2. The average molecular weight is 455 g/mol. The van der Waals surface area contributed by atoms with Crippen LogP contribution in [0.4, 0.5) is 36.8 Å². The average Bonchev–Trinajstić information content (AvgIpc) is 3.38. The highest BCUT2D eigenvalue weighted by atomic mass is 19.4. The number of likely N-dealkylation sites (tertiary alicyclic amines) is 1. The van der Waals surface area contributed by atoms with Gasteiger partial charge in [-0.1, -0.05) is 0 Å². The van der Waals surface area contributed by atoms with E-state index in [4.69, 9.17) is 4.74 Å². The molecular weight excluding hydrogens is 436 g/mol. The summed E-state index contributed by atoms with van der Waals surface area (Å²) in [7, 11) is 1.45. The van der Waals surface area contributed by atoms with E-state index >= 15 is 0 Å². The molecule has 1 aliphatic carbocycles. The largest absolute Gasteiger partial charge is 0.481 e. The Bertz CT molecular complexity index is 805. The number of piperidine rings is 1. The number of pyridine rings is 1. The summed E-state index contributed by atoms with van der Waals surface area (Å²) < 4.78 is 84.0. The van der Waals surface area contributed by atoms with E-state index in [0.29, 0.717) is 18.0 Å². The van der Waals surface area contributed by atoms with Crippen LogP contribution in [0.2, 0.25) is 0 Å². The van der Waals surface area contributed by atoms with Crippen LogP contribution in [0.15, 0.2) is 18.3 Å². The maximum Gasteiger partial charge on any atom is 0.434 e. The van der Waals surface area contributed by atoms with Gasteiger partial charge in [0.25, 0.3) is 6.10 Å². The van der Waals surface area contributed by atoms with Crippen molar-refractivity contribution in [2.45, 2.75) is 37.7 Å². The number of methoxy groups -OCH3 is 1. The Morgan fingerprint density at radius 2 is 1.77 bits per heavy atom. The standard InChI is InChI=1S/C18H19F6N3O4/c1-30-12-3-2-10(9-25-12)26-13(28)11-8-16(11)4-6-27(7-5-16)15(29)31-14(17(19,20)21)18(22,23)24/h2-3,9,11,14H,4-8H2,1H3,(H,26,28). The third kappa shape index (κ3) is 5.13. The molecule has 1 aliphatic heterocycles. The highest BCUT2D eigenvalue weighted by Gasteiger charge is 2.61. The number of carbonyl (C=O) groups excluding carboxylic acids is 2. The predicted octanol–water partition coefficient (Wildman–Crippen LogP) is 3.76. The van der Waals surface area contributed by atoms with Gasteiger partial charge in [0.15, 0.2) is 0 Å². The molecule has 2 heterocycles. The van der Waals surface area contributed by atoms with Crippen molar-refractivity contribution in [2.75, 3.05) is 25.5 Å². The molecule has 1 aromatic heterocycles. The van der Waals surface area contributed by atoms with Gasteiger partial charge in [-0.05, 0) is 30.7 Å². The lowest BCUT2D eigenvalue weighted by Gasteiger charge is -2.33. The number of rotatable bonds is 4. The lowest BCUT2D eigenvalue weighted by atomic mass is 9.91. The van der Waals surface area contributed by atoms with Crippen LogP contribution in [0.5, 0.6) is 5.88 Å². The van der Waals surface area contributed by atoms with Gasteiger partial charge in [-0.15, -0.1) is 0 Å². The molecule has 0 radical (unpaired) electrons. The molecule has 1 unspecified atom stereocenters. The van der Waals surface area contributed by atoms with E-state index in [1.54, 1.807) is 12.1 Å². The molecule has 1 saturated carbocycles. The van der Waals surface area contributed by atoms with E-state index in [2.05, 4.69) is 15.0 Å². The predicted molar refractivity (Wildman–Crippen MR) is 93.1 cm³/mol. The van der Waals surface area contributed by atoms with Gasteiger partial charge in [0.05, 0.1) is 19.0 Å². The monoisotopic (exact) mass is 455 g/mol.